The summed E-state index contributed by atoms with van der Waals surface area (Å²) in [7, 11) is 2.17. The Kier molecular flexibility index (Phi) is 5.95. The lowest BCUT2D eigenvalue weighted by molar-refractivity contribution is 0.326. The highest BCUT2D eigenvalue weighted by atomic mass is 32.1. The van der Waals surface area contributed by atoms with E-state index >= 15 is 0 Å². The largest absolute Gasteiger partial charge is 0.315 e. The molecular formula is C12H23N3S. The van der Waals surface area contributed by atoms with Crippen LogP contribution in [0.1, 0.15) is 28.9 Å². The summed E-state index contributed by atoms with van der Waals surface area (Å²) >= 11 is 1.81. The summed E-state index contributed by atoms with van der Waals surface area (Å²) in [6, 6.07) is 0. The van der Waals surface area contributed by atoms with E-state index in [0.29, 0.717) is 0 Å². The molecule has 0 spiro atoms. The van der Waals surface area contributed by atoms with Gasteiger partial charge in [0.15, 0.2) is 0 Å². The summed E-state index contributed by atoms with van der Waals surface area (Å²) in [5.41, 5.74) is 1.19. The highest BCUT2D eigenvalue weighted by molar-refractivity contribution is 7.11. The third-order valence-electron chi connectivity index (χ3n) is 2.51. The first-order valence-electron chi connectivity index (χ1n) is 5.95. The lowest BCUT2D eigenvalue weighted by Gasteiger charge is -2.16. The van der Waals surface area contributed by atoms with Crippen molar-refractivity contribution >= 4 is 11.3 Å². The normalized spacial score (nSPS) is 11.3. The van der Waals surface area contributed by atoms with E-state index in [9.17, 15) is 0 Å². The second-order valence-corrected chi connectivity index (χ2v) is 5.52. The molecule has 0 aromatic carbocycles. The average Bonchev–Trinajstić information content (AvgIpc) is 2.52. The van der Waals surface area contributed by atoms with E-state index in [1.807, 2.05) is 11.3 Å². The molecule has 0 saturated heterocycles. The summed E-state index contributed by atoms with van der Waals surface area (Å²) in [6.45, 7) is 10.7. The molecule has 0 fully saturated rings. The van der Waals surface area contributed by atoms with E-state index in [1.165, 1.54) is 22.0 Å². The molecule has 1 heterocycles. The van der Waals surface area contributed by atoms with Crippen molar-refractivity contribution < 1.29 is 0 Å². The van der Waals surface area contributed by atoms with Crippen LogP contribution in [0.5, 0.6) is 0 Å². The van der Waals surface area contributed by atoms with E-state index < -0.39 is 0 Å². The average molecular weight is 241 g/mol. The van der Waals surface area contributed by atoms with E-state index in [1.54, 1.807) is 0 Å². The van der Waals surface area contributed by atoms with Gasteiger partial charge >= 0.3 is 0 Å². The Morgan fingerprint density at radius 3 is 2.62 bits per heavy atom. The minimum Gasteiger partial charge on any atom is -0.315 e. The number of nitrogens with one attached hydrogen (secondary N) is 1. The van der Waals surface area contributed by atoms with Crippen molar-refractivity contribution in [2.24, 2.45) is 0 Å². The number of hydrogen-bond acceptors (Lipinski definition) is 4. The number of thiazole rings is 1. The number of nitrogens with zero attached hydrogens (tertiary/aromatic N) is 2. The summed E-state index contributed by atoms with van der Waals surface area (Å²) in [5.74, 6) is 0. The van der Waals surface area contributed by atoms with Gasteiger partial charge in [0.1, 0.15) is 0 Å². The molecule has 0 radical (unpaired) electrons. The van der Waals surface area contributed by atoms with Gasteiger partial charge in [-0.1, -0.05) is 6.92 Å². The molecule has 1 aromatic rings. The van der Waals surface area contributed by atoms with E-state index in [2.05, 4.69) is 43.0 Å². The molecule has 1 N–H and O–H groups in total. The fourth-order valence-electron chi connectivity index (χ4n) is 1.62. The molecule has 0 atom stereocenters. The number of hydrogen-bond donors (Lipinski definition) is 1. The zero-order valence-corrected chi connectivity index (χ0v) is 11.7. The Morgan fingerprint density at radius 1 is 1.31 bits per heavy atom. The summed E-state index contributed by atoms with van der Waals surface area (Å²) in [5, 5.41) is 4.59. The van der Waals surface area contributed by atoms with Crippen LogP contribution in [0.15, 0.2) is 0 Å². The van der Waals surface area contributed by atoms with Crippen LogP contribution in [0, 0.1) is 13.8 Å². The Bertz CT molecular complexity index is 309. The van der Waals surface area contributed by atoms with Crippen LogP contribution >= 0.6 is 11.3 Å². The third-order valence-corrected chi connectivity index (χ3v) is 3.57. The van der Waals surface area contributed by atoms with Gasteiger partial charge in [0.2, 0.25) is 0 Å². The van der Waals surface area contributed by atoms with Crippen LogP contribution in [0.2, 0.25) is 0 Å². The zero-order chi connectivity index (χ0) is 12.0. The fourth-order valence-corrected chi connectivity index (χ4v) is 2.63. The molecule has 16 heavy (non-hydrogen) atoms. The molecule has 92 valence electrons. The monoisotopic (exact) mass is 241 g/mol. The summed E-state index contributed by atoms with van der Waals surface area (Å²) in [6.07, 6.45) is 1.21. The van der Waals surface area contributed by atoms with Gasteiger partial charge in [-0.15, -0.1) is 11.3 Å². The van der Waals surface area contributed by atoms with Crippen molar-refractivity contribution in [2.45, 2.75) is 33.7 Å². The van der Waals surface area contributed by atoms with Gasteiger partial charge < -0.3 is 5.32 Å². The van der Waals surface area contributed by atoms with Crippen LogP contribution in [-0.4, -0.2) is 36.6 Å². The number of aromatic nitrogens is 1. The van der Waals surface area contributed by atoms with Gasteiger partial charge in [0, 0.05) is 24.5 Å². The quantitative estimate of drug-likeness (QED) is 0.742. The standard InChI is InChI=1S/C12H23N3S/c1-5-6-13-7-8-15(4)9-12-10(2)14-11(3)16-12/h13H,5-9H2,1-4H3. The van der Waals surface area contributed by atoms with Gasteiger partial charge in [-0.3, -0.25) is 4.90 Å². The molecule has 4 heteroatoms. The molecular weight excluding hydrogens is 218 g/mol. The molecule has 0 bridgehead atoms. The maximum absolute atomic E-state index is 4.45. The molecule has 1 rings (SSSR count). The van der Waals surface area contributed by atoms with Gasteiger partial charge in [-0.2, -0.15) is 0 Å². The second kappa shape index (κ2) is 6.99. The van der Waals surface area contributed by atoms with Crippen molar-refractivity contribution in [1.29, 1.82) is 0 Å². The van der Waals surface area contributed by atoms with Crippen molar-refractivity contribution in [1.82, 2.24) is 15.2 Å². The van der Waals surface area contributed by atoms with Crippen LogP contribution in [-0.2, 0) is 6.54 Å². The van der Waals surface area contributed by atoms with Crippen LogP contribution in [0.3, 0.4) is 0 Å². The van der Waals surface area contributed by atoms with Crippen LogP contribution in [0.4, 0.5) is 0 Å². The maximum Gasteiger partial charge on any atom is 0.0900 e. The van der Waals surface area contributed by atoms with Gasteiger partial charge in [0.05, 0.1) is 10.7 Å². The van der Waals surface area contributed by atoms with Crippen molar-refractivity contribution in [3.8, 4) is 0 Å². The molecule has 0 aliphatic heterocycles. The molecule has 1 aromatic heterocycles. The topological polar surface area (TPSA) is 28.2 Å². The minimum atomic E-state index is 1.02. The number of aryl methyl sites for hydroxylation is 2. The first-order chi connectivity index (χ1) is 7.63. The number of likely N-dealkylation sites (N-methyl/N-ethyl adjacent to an activating group) is 1. The van der Waals surface area contributed by atoms with Gasteiger partial charge in [0.25, 0.3) is 0 Å². The van der Waals surface area contributed by atoms with Crippen molar-refractivity contribution in [3.63, 3.8) is 0 Å². The zero-order valence-electron chi connectivity index (χ0n) is 10.8. The Balaban J connectivity index is 2.28. The highest BCUT2D eigenvalue weighted by Gasteiger charge is 2.07. The van der Waals surface area contributed by atoms with E-state index in [4.69, 9.17) is 0 Å². The maximum atomic E-state index is 4.45. The second-order valence-electron chi connectivity index (χ2n) is 4.23. The number of rotatable bonds is 7. The molecule has 0 aliphatic carbocycles. The van der Waals surface area contributed by atoms with E-state index in [0.717, 1.165) is 26.2 Å². The Labute approximate surface area is 103 Å². The van der Waals surface area contributed by atoms with E-state index in [-0.39, 0.29) is 0 Å². The highest BCUT2D eigenvalue weighted by Crippen LogP contribution is 2.18. The molecule has 0 unspecified atom stereocenters. The van der Waals surface area contributed by atoms with Gasteiger partial charge in [-0.05, 0) is 33.9 Å². The Hall–Kier alpha value is -0.450. The summed E-state index contributed by atoms with van der Waals surface area (Å²) in [4.78, 5) is 8.20. The van der Waals surface area contributed by atoms with Crippen LogP contribution < -0.4 is 5.32 Å². The smallest absolute Gasteiger partial charge is 0.0900 e. The SMILES string of the molecule is CCCNCCN(C)Cc1sc(C)nc1C. The van der Waals surface area contributed by atoms with Gasteiger partial charge in [-0.25, -0.2) is 4.98 Å². The van der Waals surface area contributed by atoms with Crippen molar-refractivity contribution in [3.05, 3.63) is 15.6 Å². The minimum absolute atomic E-state index is 1.02. The molecule has 0 saturated carbocycles. The third kappa shape index (κ3) is 4.60. The fraction of sp³-hybridized carbons (Fsp3) is 0.750. The van der Waals surface area contributed by atoms with Crippen LogP contribution in [0.25, 0.3) is 0 Å². The lowest BCUT2D eigenvalue weighted by Crippen LogP contribution is -2.29. The predicted molar refractivity (Wildman–Crippen MR) is 71.1 cm³/mol. The predicted octanol–water partition coefficient (Wildman–Crippen LogP) is 2.19. The molecule has 0 amide bonds. The Morgan fingerprint density at radius 2 is 2.06 bits per heavy atom. The molecule has 0 aliphatic rings. The first-order valence-corrected chi connectivity index (χ1v) is 6.77. The first kappa shape index (κ1) is 13.6. The molecule has 3 nitrogen and oxygen atoms in total. The summed E-state index contributed by atoms with van der Waals surface area (Å²) < 4.78 is 0. The lowest BCUT2D eigenvalue weighted by atomic mass is 10.3. The van der Waals surface area contributed by atoms with Crippen molar-refractivity contribution in [2.75, 3.05) is 26.7 Å².